The third kappa shape index (κ3) is 27.7. The predicted octanol–water partition coefficient (Wildman–Crippen LogP) is -4.49. The average molecular weight is 1340 g/mol. The van der Waals surface area contributed by atoms with Gasteiger partial charge < -0.3 is 121 Å². The third-order valence-corrected chi connectivity index (χ3v) is 17.4. The maximum Gasteiger partial charge on any atom is 0.223 e. The maximum absolute atomic E-state index is 14.0. The summed E-state index contributed by atoms with van der Waals surface area (Å²) < 4.78 is 38.8. The molecule has 16 N–H and O–H groups in total. The van der Waals surface area contributed by atoms with Gasteiger partial charge in [0.05, 0.1) is 96.0 Å². The quantitative estimate of drug-likeness (QED) is 0.0256. The molecule has 0 bridgehead atoms. The van der Waals surface area contributed by atoms with Gasteiger partial charge in [-0.2, -0.15) is 0 Å². The lowest BCUT2D eigenvalue weighted by Gasteiger charge is -2.40. The molecule has 0 aromatic heterocycles. The predicted molar refractivity (Wildman–Crippen MR) is 326 cm³/mol. The van der Waals surface area contributed by atoms with E-state index < -0.39 is 141 Å². The highest BCUT2D eigenvalue weighted by Gasteiger charge is 2.45. The number of carbonyl (C=O) groups excluding carboxylic acids is 8. The summed E-state index contributed by atoms with van der Waals surface area (Å²) >= 11 is 0. The molecule has 4 fully saturated rings. The van der Waals surface area contributed by atoms with Crippen molar-refractivity contribution in [2.75, 3.05) is 92.6 Å². The van der Waals surface area contributed by atoms with Crippen molar-refractivity contribution < 1.29 is 123 Å². The second-order valence-electron chi connectivity index (χ2n) is 24.7. The number of methoxy groups -OCH3 is 1. The Balaban J connectivity index is 1.35. The third-order valence-electron chi connectivity index (χ3n) is 17.4. The van der Waals surface area contributed by atoms with E-state index in [1.165, 1.54) is 12.0 Å². The van der Waals surface area contributed by atoms with Gasteiger partial charge in [0.25, 0.3) is 0 Å². The van der Waals surface area contributed by atoms with Gasteiger partial charge in [-0.05, 0) is 57.8 Å². The highest BCUT2D eigenvalue weighted by Crippen LogP contribution is 2.31. The summed E-state index contributed by atoms with van der Waals surface area (Å²) in [6.07, 6.45) is -13.2. The monoisotopic (exact) mass is 1340 g/mol. The van der Waals surface area contributed by atoms with E-state index in [9.17, 15) is 89.4 Å². The molecule has 4 rings (SSSR count). The number of rotatable bonds is 44. The van der Waals surface area contributed by atoms with Crippen LogP contribution in [0.25, 0.3) is 0 Å². The Morgan fingerprint density at radius 2 is 0.828 bits per heavy atom. The molecule has 0 saturated carbocycles. The molecule has 32 heteroatoms. The lowest BCUT2D eigenvalue weighted by atomic mass is 9.82. The molecule has 4 saturated heterocycles. The molecule has 0 aromatic rings. The van der Waals surface area contributed by atoms with E-state index >= 15 is 0 Å². The van der Waals surface area contributed by atoms with Gasteiger partial charge in [-0.3, -0.25) is 38.4 Å². The number of ether oxygens (including phenoxy) is 7. The Hall–Kier alpha value is -4.72. The van der Waals surface area contributed by atoms with Crippen molar-refractivity contribution >= 4 is 47.1 Å². The number of nitrogens with one attached hydrogen (secondary N) is 6. The number of aliphatic hydroxyl groups excluding tert-OH is 10. The molecule has 17 atom stereocenters. The van der Waals surface area contributed by atoms with Crippen LogP contribution in [0.2, 0.25) is 0 Å². The number of ketones is 1. The first-order chi connectivity index (χ1) is 44.4. The van der Waals surface area contributed by atoms with Gasteiger partial charge in [0.1, 0.15) is 42.4 Å². The fraction of sp³-hybridized carbons (Fsp3) is 0.869. The van der Waals surface area contributed by atoms with Gasteiger partial charge in [-0.15, -0.1) is 0 Å². The van der Waals surface area contributed by atoms with Gasteiger partial charge in [0.2, 0.25) is 41.4 Å². The van der Waals surface area contributed by atoms with Crippen molar-refractivity contribution in [2.24, 2.45) is 17.8 Å². The van der Waals surface area contributed by atoms with Crippen molar-refractivity contribution in [1.29, 1.82) is 0 Å². The Morgan fingerprint density at radius 3 is 1.22 bits per heavy atom. The molecule has 32 nitrogen and oxygen atoms in total. The van der Waals surface area contributed by atoms with Crippen LogP contribution in [-0.2, 0) is 71.5 Å². The highest BCUT2D eigenvalue weighted by molar-refractivity contribution is 5.82. The molecule has 536 valence electrons. The zero-order valence-electron chi connectivity index (χ0n) is 54.3. The highest BCUT2D eigenvalue weighted by atomic mass is 16.7. The minimum atomic E-state index is -1.32. The standard InChI is InChI=1S/C61H107N7O25/c1-36-52(81)55(84)42(32-69)91-58(36)88-27-16-47(76)62-22-6-5-10-40(72)13-19-61(67-50(79)11-7-12-51(80)68-31-41(73)30-39(68)35-87-4,20-14-45(74)63-23-8-25-65-48(77)17-28-89-59-37(2)53(82)56(85)43(33-70)92-59)21-15-46(75)64-24-9-26-66-49(78)18-29-90-60-38(3)54(83)57(86)44(34-71)93-60/h36-39,41-44,52-60,69-71,73,81-86H,5-35H2,1-4H3,(H,62,76)(H,63,74)(H,64,75)(H,65,77)(H,66,78)(H,67,79)/t36-,37-,38-,39-,41+,42?,43?,44?,52?,53?,54?,55-,56-,57-,58+,59+,60+,61?/m0/s1. The first kappa shape index (κ1) is 80.7. The van der Waals surface area contributed by atoms with Gasteiger partial charge in [0.15, 0.2) is 18.9 Å². The van der Waals surface area contributed by atoms with Gasteiger partial charge in [0, 0.05) is 108 Å². The fourth-order valence-electron chi connectivity index (χ4n) is 11.5. The van der Waals surface area contributed by atoms with Crippen LogP contribution in [0, 0.1) is 17.8 Å². The van der Waals surface area contributed by atoms with Crippen molar-refractivity contribution in [3.63, 3.8) is 0 Å². The topological polar surface area (TPSA) is 479 Å². The van der Waals surface area contributed by atoms with Crippen LogP contribution in [0.1, 0.15) is 136 Å². The number of β-amino-alcohol motifs (C(OH)–C–C–N with tert-alkyl or cyclic N) is 1. The number of amides is 7. The van der Waals surface area contributed by atoms with Crippen LogP contribution in [-0.4, -0.2) is 287 Å². The molecule has 0 radical (unpaired) electrons. The smallest absolute Gasteiger partial charge is 0.223 e. The van der Waals surface area contributed by atoms with Crippen LogP contribution in [0.15, 0.2) is 0 Å². The molecule has 4 heterocycles. The fourth-order valence-corrected chi connectivity index (χ4v) is 11.5. The zero-order chi connectivity index (χ0) is 68.6. The number of unbranched alkanes of at least 4 members (excludes halogenated alkanes) is 1. The van der Waals surface area contributed by atoms with Crippen LogP contribution in [0.4, 0.5) is 0 Å². The number of hydrogen-bond donors (Lipinski definition) is 16. The van der Waals surface area contributed by atoms with Crippen molar-refractivity contribution in [3.8, 4) is 0 Å². The summed E-state index contributed by atoms with van der Waals surface area (Å²) in [6.45, 7) is 4.12. The molecular weight excluding hydrogens is 1230 g/mol. The molecule has 0 spiro atoms. The maximum atomic E-state index is 14.0. The molecule has 7 amide bonds. The average Bonchev–Trinajstić information content (AvgIpc) is 1.65. The second kappa shape index (κ2) is 42.8. The van der Waals surface area contributed by atoms with Crippen molar-refractivity contribution in [2.45, 2.75) is 228 Å². The molecule has 6 unspecified atom stereocenters. The summed E-state index contributed by atoms with van der Waals surface area (Å²) in [5.74, 6) is -4.83. The normalized spacial score (nSPS) is 29.4. The lowest BCUT2D eigenvalue weighted by Crippen LogP contribution is -2.55. The zero-order valence-corrected chi connectivity index (χ0v) is 54.3. The van der Waals surface area contributed by atoms with Crippen LogP contribution < -0.4 is 31.9 Å². The second-order valence-corrected chi connectivity index (χ2v) is 24.7. The minimum Gasteiger partial charge on any atom is -0.394 e. The minimum absolute atomic E-state index is 0.00862. The Bertz CT molecular complexity index is 2080. The summed E-state index contributed by atoms with van der Waals surface area (Å²) in [4.78, 5) is 108. The summed E-state index contributed by atoms with van der Waals surface area (Å²) in [5, 5.41) is 117. The summed E-state index contributed by atoms with van der Waals surface area (Å²) in [7, 11) is 1.49. The van der Waals surface area contributed by atoms with Gasteiger partial charge in [-0.25, -0.2) is 0 Å². The molecule has 0 aromatic carbocycles. The molecular formula is C61H107N7O25. The number of carbonyl (C=O) groups is 8. The number of hydrogen-bond acceptors (Lipinski definition) is 25. The summed E-state index contributed by atoms with van der Waals surface area (Å²) in [5.41, 5.74) is -1.32. The van der Waals surface area contributed by atoms with E-state index in [1.54, 1.807) is 20.8 Å². The van der Waals surface area contributed by atoms with E-state index in [-0.39, 0.29) is 185 Å². The van der Waals surface area contributed by atoms with Crippen LogP contribution >= 0.6 is 0 Å². The molecule has 4 aliphatic heterocycles. The van der Waals surface area contributed by atoms with Crippen LogP contribution in [0.5, 0.6) is 0 Å². The first-order valence-electron chi connectivity index (χ1n) is 32.7. The van der Waals surface area contributed by atoms with E-state index in [2.05, 4.69) is 31.9 Å². The SMILES string of the molecule is COC[C@@H]1C[C@@H](O)CN1C(=O)CCCC(=O)NC(CCC(=O)CCCCNC(=O)CCO[C@@H]1OC(CO)[C@H](O)C(O)[C@@H]1C)(CCC(=O)NCCCNC(=O)CCO[C@@H]1OC(CO)[C@H](O)C(O)[C@@H]1C)CCC(=O)NCCCNC(=O)CCO[C@@H]1OC(CO)[C@H](O)C(O)[C@@H]1C. The van der Waals surface area contributed by atoms with Crippen molar-refractivity contribution in [1.82, 2.24) is 36.8 Å². The van der Waals surface area contributed by atoms with Gasteiger partial charge >= 0.3 is 0 Å². The van der Waals surface area contributed by atoms with Crippen molar-refractivity contribution in [3.05, 3.63) is 0 Å². The first-order valence-corrected chi connectivity index (χ1v) is 32.7. The Labute approximate surface area is 543 Å². The summed E-state index contributed by atoms with van der Waals surface area (Å²) in [6, 6.07) is -0.333. The van der Waals surface area contributed by atoms with E-state index in [1.807, 2.05) is 0 Å². The van der Waals surface area contributed by atoms with E-state index in [4.69, 9.17) is 33.2 Å². The van der Waals surface area contributed by atoms with E-state index in [0.717, 1.165) is 0 Å². The Kier molecular flexibility index (Phi) is 37.1. The number of likely N-dealkylation sites (tertiary alicyclic amines) is 1. The molecule has 93 heavy (non-hydrogen) atoms. The van der Waals surface area contributed by atoms with E-state index in [0.29, 0.717) is 32.1 Å². The number of aliphatic hydroxyl groups is 10. The molecule has 4 aliphatic rings. The Morgan fingerprint density at radius 1 is 0.452 bits per heavy atom. The number of nitrogens with zero attached hydrogens (tertiary/aromatic N) is 1. The van der Waals surface area contributed by atoms with Crippen LogP contribution in [0.3, 0.4) is 0 Å². The largest absolute Gasteiger partial charge is 0.394 e. The van der Waals surface area contributed by atoms with Gasteiger partial charge in [-0.1, -0.05) is 20.8 Å². The molecule has 0 aliphatic carbocycles. The lowest BCUT2D eigenvalue weighted by molar-refractivity contribution is -0.282. The number of Topliss-reactive ketones (excluding diaryl/α,β-unsaturated/α-hetero) is 1.